The van der Waals surface area contributed by atoms with Crippen LogP contribution in [0.1, 0.15) is 41.8 Å². The summed E-state index contributed by atoms with van der Waals surface area (Å²) in [7, 11) is 0. The van der Waals surface area contributed by atoms with Gasteiger partial charge in [0.15, 0.2) is 5.58 Å². The molecule has 9 nitrogen and oxygen atoms in total. The maximum Gasteiger partial charge on any atom is 0.293 e. The third-order valence-corrected chi connectivity index (χ3v) is 6.79. The van der Waals surface area contributed by atoms with Crippen molar-refractivity contribution < 1.29 is 27.9 Å². The standard InChI is InChI=1S/C26H27FN4O5/c1-15-2-6-17(7-3-15)28-26(34)24-23(22-19(36-24)10-11-20(27)29-22)30-25(33)16-4-8-18(9-5-16)31-12-13-35-14-21(31)32/h2-3,6-7,10-11,16,18H,4-5,8-9,12-14H2,1H3,(H,28,34)(H,30,33). The number of carbonyl (C=O) groups is 3. The van der Waals surface area contributed by atoms with E-state index in [1.807, 2.05) is 24.0 Å². The van der Waals surface area contributed by atoms with Crippen LogP contribution in [-0.2, 0) is 14.3 Å². The van der Waals surface area contributed by atoms with E-state index >= 15 is 0 Å². The molecule has 3 amide bonds. The third kappa shape index (κ3) is 4.94. The van der Waals surface area contributed by atoms with Crippen LogP contribution in [0.25, 0.3) is 11.1 Å². The van der Waals surface area contributed by atoms with Gasteiger partial charge in [-0.25, -0.2) is 4.98 Å². The smallest absolute Gasteiger partial charge is 0.293 e. The molecule has 0 spiro atoms. The quantitative estimate of drug-likeness (QED) is 0.521. The average Bonchev–Trinajstić information content (AvgIpc) is 3.23. The highest BCUT2D eigenvalue weighted by Crippen LogP contribution is 2.33. The molecule has 3 aromatic rings. The fourth-order valence-electron chi connectivity index (χ4n) is 4.84. The second-order valence-electron chi connectivity index (χ2n) is 9.24. The predicted molar refractivity (Wildman–Crippen MR) is 130 cm³/mol. The second kappa shape index (κ2) is 10.1. The molecule has 10 heteroatoms. The Morgan fingerprint density at radius 1 is 1.06 bits per heavy atom. The number of hydrogen-bond donors (Lipinski definition) is 2. The van der Waals surface area contributed by atoms with E-state index in [0.717, 1.165) is 11.6 Å². The zero-order valence-electron chi connectivity index (χ0n) is 19.9. The number of aromatic nitrogens is 1. The van der Waals surface area contributed by atoms with Gasteiger partial charge in [-0.15, -0.1) is 0 Å². The fraction of sp³-hybridized carbons (Fsp3) is 0.385. The average molecular weight is 495 g/mol. The van der Waals surface area contributed by atoms with Gasteiger partial charge in [-0.1, -0.05) is 17.7 Å². The number of nitrogens with zero attached hydrogens (tertiary/aromatic N) is 2. The van der Waals surface area contributed by atoms with Gasteiger partial charge in [0.1, 0.15) is 17.8 Å². The van der Waals surface area contributed by atoms with E-state index in [0.29, 0.717) is 44.5 Å². The highest BCUT2D eigenvalue weighted by molar-refractivity contribution is 6.13. The maximum atomic E-state index is 13.9. The van der Waals surface area contributed by atoms with Crippen LogP contribution < -0.4 is 10.6 Å². The van der Waals surface area contributed by atoms with Crippen LogP contribution in [0.15, 0.2) is 40.8 Å². The van der Waals surface area contributed by atoms with Gasteiger partial charge >= 0.3 is 0 Å². The zero-order chi connectivity index (χ0) is 25.2. The van der Waals surface area contributed by atoms with Gasteiger partial charge < -0.3 is 24.7 Å². The van der Waals surface area contributed by atoms with E-state index in [4.69, 9.17) is 9.15 Å². The minimum Gasteiger partial charge on any atom is -0.447 e. The number of benzene rings is 1. The molecule has 1 aliphatic carbocycles. The Labute approximate surface area is 207 Å². The number of furan rings is 1. The lowest BCUT2D eigenvalue weighted by molar-refractivity contribution is -0.146. The van der Waals surface area contributed by atoms with Crippen molar-refractivity contribution >= 4 is 40.2 Å². The van der Waals surface area contributed by atoms with Crippen LogP contribution >= 0.6 is 0 Å². The predicted octanol–water partition coefficient (Wildman–Crippen LogP) is 3.88. The van der Waals surface area contributed by atoms with Crippen molar-refractivity contribution in [3.05, 3.63) is 53.7 Å². The molecule has 0 radical (unpaired) electrons. The Morgan fingerprint density at radius 3 is 2.53 bits per heavy atom. The first-order valence-corrected chi connectivity index (χ1v) is 12.0. The summed E-state index contributed by atoms with van der Waals surface area (Å²) in [5.41, 5.74) is 1.90. The van der Waals surface area contributed by atoms with Crippen LogP contribution in [0.5, 0.6) is 0 Å². The van der Waals surface area contributed by atoms with E-state index in [9.17, 15) is 18.8 Å². The molecule has 1 saturated carbocycles. The van der Waals surface area contributed by atoms with E-state index < -0.39 is 11.9 Å². The summed E-state index contributed by atoms with van der Waals surface area (Å²) >= 11 is 0. The molecule has 1 aliphatic heterocycles. The molecule has 3 heterocycles. The number of ether oxygens (including phenoxy) is 1. The number of pyridine rings is 1. The Kier molecular flexibility index (Phi) is 6.69. The lowest BCUT2D eigenvalue weighted by atomic mass is 9.84. The maximum absolute atomic E-state index is 13.9. The highest BCUT2D eigenvalue weighted by atomic mass is 19.1. The number of amides is 3. The monoisotopic (exact) mass is 494 g/mol. The number of anilines is 2. The van der Waals surface area contributed by atoms with Crippen LogP contribution in [0.4, 0.5) is 15.8 Å². The van der Waals surface area contributed by atoms with Crippen LogP contribution in [0, 0.1) is 18.8 Å². The molecular formula is C26H27FN4O5. The summed E-state index contributed by atoms with van der Waals surface area (Å²) < 4.78 is 24.9. The van der Waals surface area contributed by atoms with Gasteiger partial charge in [-0.2, -0.15) is 4.39 Å². The molecule has 2 N–H and O–H groups in total. The lowest BCUT2D eigenvalue weighted by Crippen LogP contribution is -2.49. The minimum atomic E-state index is -0.750. The zero-order valence-corrected chi connectivity index (χ0v) is 19.9. The minimum absolute atomic E-state index is 0.0173. The van der Waals surface area contributed by atoms with Crippen LogP contribution in [-0.4, -0.2) is 53.4 Å². The molecule has 0 bridgehead atoms. The molecule has 5 rings (SSSR count). The summed E-state index contributed by atoms with van der Waals surface area (Å²) in [6.07, 6.45) is 2.57. The largest absolute Gasteiger partial charge is 0.447 e. The summed E-state index contributed by atoms with van der Waals surface area (Å²) in [6, 6.07) is 9.82. The Balaban J connectivity index is 1.33. The summed E-state index contributed by atoms with van der Waals surface area (Å²) in [5, 5.41) is 5.53. The normalized spacial score (nSPS) is 20.4. The van der Waals surface area contributed by atoms with Crippen LogP contribution in [0.3, 0.4) is 0 Å². The van der Waals surface area contributed by atoms with Crippen molar-refractivity contribution in [1.82, 2.24) is 9.88 Å². The fourth-order valence-corrected chi connectivity index (χ4v) is 4.84. The number of rotatable bonds is 5. The Morgan fingerprint density at radius 2 is 1.81 bits per heavy atom. The van der Waals surface area contributed by atoms with Crippen LogP contribution in [0.2, 0.25) is 0 Å². The third-order valence-electron chi connectivity index (χ3n) is 6.79. The number of nitrogens with one attached hydrogen (secondary N) is 2. The number of fused-ring (bicyclic) bond motifs is 1. The van der Waals surface area contributed by atoms with Crippen molar-refractivity contribution in [2.75, 3.05) is 30.4 Å². The molecule has 1 saturated heterocycles. The summed E-state index contributed by atoms with van der Waals surface area (Å²) in [4.78, 5) is 44.1. The number of hydrogen-bond acceptors (Lipinski definition) is 6. The van der Waals surface area contributed by atoms with Gasteiger partial charge in [-0.3, -0.25) is 14.4 Å². The van der Waals surface area contributed by atoms with Crippen molar-refractivity contribution in [2.45, 2.75) is 38.6 Å². The van der Waals surface area contributed by atoms with Gasteiger partial charge in [0.25, 0.3) is 5.91 Å². The van der Waals surface area contributed by atoms with E-state index in [2.05, 4.69) is 15.6 Å². The van der Waals surface area contributed by atoms with E-state index in [1.165, 1.54) is 6.07 Å². The van der Waals surface area contributed by atoms with Gasteiger partial charge in [-0.05, 0) is 56.9 Å². The van der Waals surface area contributed by atoms with E-state index in [1.54, 1.807) is 12.1 Å². The number of morpholine rings is 1. The SMILES string of the molecule is Cc1ccc(NC(=O)c2oc3ccc(F)nc3c2NC(=O)C2CCC(N3CCOCC3=O)CC2)cc1. The van der Waals surface area contributed by atoms with Gasteiger partial charge in [0, 0.05) is 24.2 Å². The molecule has 2 fully saturated rings. The van der Waals surface area contributed by atoms with Crippen molar-refractivity contribution in [3.8, 4) is 0 Å². The Hall–Kier alpha value is -3.79. The van der Waals surface area contributed by atoms with Crippen molar-refractivity contribution in [1.29, 1.82) is 0 Å². The molecule has 2 aliphatic rings. The lowest BCUT2D eigenvalue weighted by Gasteiger charge is -2.38. The Bertz CT molecular complexity index is 1300. The van der Waals surface area contributed by atoms with E-state index in [-0.39, 0.29) is 52.9 Å². The molecule has 2 aromatic heterocycles. The first-order chi connectivity index (χ1) is 17.4. The van der Waals surface area contributed by atoms with Crippen molar-refractivity contribution in [2.24, 2.45) is 5.92 Å². The molecule has 0 unspecified atom stereocenters. The molecule has 1 aromatic carbocycles. The number of halogens is 1. The summed E-state index contributed by atoms with van der Waals surface area (Å²) in [5.74, 6) is -2.10. The molecule has 188 valence electrons. The first kappa shape index (κ1) is 23.9. The topological polar surface area (TPSA) is 114 Å². The molecule has 0 atom stereocenters. The number of aryl methyl sites for hydroxylation is 1. The first-order valence-electron chi connectivity index (χ1n) is 12.0. The highest BCUT2D eigenvalue weighted by Gasteiger charge is 2.34. The van der Waals surface area contributed by atoms with Gasteiger partial charge in [0.2, 0.25) is 23.5 Å². The molecular weight excluding hydrogens is 467 g/mol. The number of carbonyl (C=O) groups excluding carboxylic acids is 3. The molecule has 36 heavy (non-hydrogen) atoms. The van der Waals surface area contributed by atoms with Gasteiger partial charge in [0.05, 0.1) is 6.61 Å². The second-order valence-corrected chi connectivity index (χ2v) is 9.24. The summed E-state index contributed by atoms with van der Waals surface area (Å²) in [6.45, 7) is 3.13. The van der Waals surface area contributed by atoms with Crippen molar-refractivity contribution in [3.63, 3.8) is 0 Å².